The van der Waals surface area contributed by atoms with Gasteiger partial charge in [-0.1, -0.05) is 13.8 Å². The van der Waals surface area contributed by atoms with Crippen molar-refractivity contribution in [2.75, 3.05) is 31.6 Å². The normalized spacial score (nSPS) is 10.8. The van der Waals surface area contributed by atoms with Gasteiger partial charge in [-0.05, 0) is 38.2 Å². The maximum atomic E-state index is 3.32. The number of nitrogens with zero attached hydrogens (tertiary/aromatic N) is 2. The van der Waals surface area contributed by atoms with Crippen LogP contribution < -0.4 is 5.43 Å². The standard InChI is InChI=1S/C11H21N3/c1-3-13(4-2)9-7-8-12-14-10-5-6-11-14/h5-6,10-12H,3-4,7-9H2,1-2H3. The third-order valence-electron chi connectivity index (χ3n) is 2.44. The van der Waals surface area contributed by atoms with E-state index < -0.39 is 0 Å². The smallest absolute Gasteiger partial charge is 0.0325 e. The Morgan fingerprint density at radius 2 is 1.79 bits per heavy atom. The summed E-state index contributed by atoms with van der Waals surface area (Å²) in [6, 6.07) is 4.05. The van der Waals surface area contributed by atoms with Gasteiger partial charge in [0.25, 0.3) is 0 Å². The summed E-state index contributed by atoms with van der Waals surface area (Å²) in [6.45, 7) is 8.94. The van der Waals surface area contributed by atoms with Crippen molar-refractivity contribution in [2.24, 2.45) is 0 Å². The molecular weight excluding hydrogens is 174 g/mol. The van der Waals surface area contributed by atoms with E-state index in [1.54, 1.807) is 0 Å². The molecule has 1 heterocycles. The fraction of sp³-hybridized carbons (Fsp3) is 0.636. The van der Waals surface area contributed by atoms with Crippen molar-refractivity contribution in [3.05, 3.63) is 24.5 Å². The van der Waals surface area contributed by atoms with E-state index in [0.29, 0.717) is 0 Å². The molecule has 0 aliphatic rings. The maximum absolute atomic E-state index is 3.32. The molecule has 1 aromatic rings. The van der Waals surface area contributed by atoms with E-state index in [2.05, 4.69) is 24.2 Å². The summed E-state index contributed by atoms with van der Waals surface area (Å²) in [7, 11) is 0. The number of hydrogen-bond donors (Lipinski definition) is 1. The van der Waals surface area contributed by atoms with Crippen LogP contribution in [0, 0.1) is 0 Å². The molecule has 0 aliphatic heterocycles. The maximum Gasteiger partial charge on any atom is 0.0325 e. The average molecular weight is 195 g/mol. The summed E-state index contributed by atoms with van der Waals surface area (Å²) in [5.41, 5.74) is 3.32. The molecule has 3 nitrogen and oxygen atoms in total. The van der Waals surface area contributed by atoms with Crippen LogP contribution >= 0.6 is 0 Å². The van der Waals surface area contributed by atoms with Crippen LogP contribution in [-0.2, 0) is 0 Å². The van der Waals surface area contributed by atoms with Crippen LogP contribution in [-0.4, -0.2) is 35.8 Å². The monoisotopic (exact) mass is 195 g/mol. The Labute approximate surface area is 86.7 Å². The number of rotatable bonds is 7. The molecular formula is C11H21N3. The van der Waals surface area contributed by atoms with Gasteiger partial charge in [0.05, 0.1) is 0 Å². The SMILES string of the molecule is CCN(CC)CCCNn1cccc1. The Hall–Kier alpha value is -0.960. The largest absolute Gasteiger partial charge is 0.326 e. The van der Waals surface area contributed by atoms with Gasteiger partial charge in [-0.15, -0.1) is 0 Å². The Balaban J connectivity index is 2.04. The molecule has 1 rings (SSSR count). The second-order valence-electron chi connectivity index (χ2n) is 3.38. The van der Waals surface area contributed by atoms with Gasteiger partial charge in [0.2, 0.25) is 0 Å². The minimum atomic E-state index is 1.03. The van der Waals surface area contributed by atoms with Gasteiger partial charge >= 0.3 is 0 Å². The van der Waals surface area contributed by atoms with E-state index in [4.69, 9.17) is 0 Å². The molecule has 0 aromatic carbocycles. The zero-order valence-electron chi connectivity index (χ0n) is 9.24. The highest BCUT2D eigenvalue weighted by Gasteiger charge is 1.97. The minimum Gasteiger partial charge on any atom is -0.326 e. The van der Waals surface area contributed by atoms with Crippen LogP contribution in [0.5, 0.6) is 0 Å². The molecule has 14 heavy (non-hydrogen) atoms. The fourth-order valence-corrected chi connectivity index (χ4v) is 1.49. The van der Waals surface area contributed by atoms with E-state index in [0.717, 1.165) is 19.6 Å². The van der Waals surface area contributed by atoms with Gasteiger partial charge in [-0.2, -0.15) is 0 Å². The Morgan fingerprint density at radius 1 is 1.14 bits per heavy atom. The third kappa shape index (κ3) is 3.83. The highest BCUT2D eigenvalue weighted by atomic mass is 15.4. The third-order valence-corrected chi connectivity index (χ3v) is 2.44. The number of nitrogens with one attached hydrogen (secondary N) is 1. The summed E-state index contributed by atoms with van der Waals surface area (Å²) in [4.78, 5) is 2.44. The minimum absolute atomic E-state index is 1.03. The van der Waals surface area contributed by atoms with Gasteiger partial charge in [-0.25, -0.2) is 0 Å². The van der Waals surface area contributed by atoms with Crippen LogP contribution in [0.3, 0.4) is 0 Å². The molecule has 0 bridgehead atoms. The van der Waals surface area contributed by atoms with Crippen molar-refractivity contribution >= 4 is 0 Å². The van der Waals surface area contributed by atoms with Gasteiger partial charge in [0.1, 0.15) is 0 Å². The van der Waals surface area contributed by atoms with Gasteiger partial charge in [-0.3, -0.25) is 4.68 Å². The predicted molar refractivity (Wildman–Crippen MR) is 61.1 cm³/mol. The molecule has 3 heteroatoms. The van der Waals surface area contributed by atoms with Crippen LogP contribution in [0.25, 0.3) is 0 Å². The summed E-state index contributed by atoms with van der Waals surface area (Å²) in [5, 5.41) is 0. The molecule has 0 spiro atoms. The summed E-state index contributed by atoms with van der Waals surface area (Å²) in [6.07, 6.45) is 5.24. The van der Waals surface area contributed by atoms with Gasteiger partial charge in [0.15, 0.2) is 0 Å². The molecule has 1 N–H and O–H groups in total. The molecule has 0 saturated carbocycles. The first kappa shape index (κ1) is 11.1. The summed E-state index contributed by atoms with van der Waals surface area (Å²) in [5.74, 6) is 0. The summed E-state index contributed by atoms with van der Waals surface area (Å²) < 4.78 is 2.00. The molecule has 0 fully saturated rings. The van der Waals surface area contributed by atoms with Crippen molar-refractivity contribution in [3.63, 3.8) is 0 Å². The van der Waals surface area contributed by atoms with Crippen LogP contribution in [0.1, 0.15) is 20.3 Å². The zero-order chi connectivity index (χ0) is 10.2. The first-order chi connectivity index (χ1) is 6.86. The van der Waals surface area contributed by atoms with E-state index >= 15 is 0 Å². The Bertz CT molecular complexity index is 214. The zero-order valence-corrected chi connectivity index (χ0v) is 9.24. The molecule has 80 valence electrons. The quantitative estimate of drug-likeness (QED) is 0.669. The topological polar surface area (TPSA) is 20.2 Å². The first-order valence-corrected chi connectivity index (χ1v) is 5.46. The lowest BCUT2D eigenvalue weighted by Crippen LogP contribution is -2.26. The lowest BCUT2D eigenvalue weighted by Gasteiger charge is -2.18. The highest BCUT2D eigenvalue weighted by Crippen LogP contribution is 1.91. The van der Waals surface area contributed by atoms with Crippen LogP contribution in [0.2, 0.25) is 0 Å². The van der Waals surface area contributed by atoms with Crippen LogP contribution in [0.15, 0.2) is 24.5 Å². The van der Waals surface area contributed by atoms with E-state index in [1.807, 2.05) is 29.2 Å². The molecule has 0 radical (unpaired) electrons. The average Bonchev–Trinajstić information content (AvgIpc) is 2.71. The fourth-order valence-electron chi connectivity index (χ4n) is 1.49. The van der Waals surface area contributed by atoms with Gasteiger partial charge < -0.3 is 10.3 Å². The molecule has 0 aliphatic carbocycles. The summed E-state index contributed by atoms with van der Waals surface area (Å²) >= 11 is 0. The van der Waals surface area contributed by atoms with E-state index in [-0.39, 0.29) is 0 Å². The van der Waals surface area contributed by atoms with Crippen molar-refractivity contribution in [2.45, 2.75) is 20.3 Å². The Morgan fingerprint density at radius 3 is 2.36 bits per heavy atom. The Kier molecular flexibility index (Phi) is 5.15. The molecule has 0 saturated heterocycles. The second-order valence-corrected chi connectivity index (χ2v) is 3.38. The number of hydrogen-bond acceptors (Lipinski definition) is 2. The highest BCUT2D eigenvalue weighted by molar-refractivity contribution is 4.92. The molecule has 0 amide bonds. The number of aromatic nitrogens is 1. The van der Waals surface area contributed by atoms with Crippen molar-refractivity contribution in [1.29, 1.82) is 0 Å². The first-order valence-electron chi connectivity index (χ1n) is 5.46. The lowest BCUT2D eigenvalue weighted by molar-refractivity contribution is 0.302. The van der Waals surface area contributed by atoms with Gasteiger partial charge in [0, 0.05) is 18.9 Å². The molecule has 0 atom stereocenters. The lowest BCUT2D eigenvalue weighted by atomic mass is 10.4. The van der Waals surface area contributed by atoms with Crippen LogP contribution in [0.4, 0.5) is 0 Å². The van der Waals surface area contributed by atoms with Crippen molar-refractivity contribution in [3.8, 4) is 0 Å². The van der Waals surface area contributed by atoms with Crippen molar-refractivity contribution < 1.29 is 0 Å². The van der Waals surface area contributed by atoms with E-state index in [1.165, 1.54) is 13.0 Å². The van der Waals surface area contributed by atoms with Crippen molar-refractivity contribution in [1.82, 2.24) is 9.58 Å². The molecule has 0 unspecified atom stereocenters. The molecule has 1 aromatic heterocycles. The predicted octanol–water partition coefficient (Wildman–Crippen LogP) is 1.76. The van der Waals surface area contributed by atoms with E-state index in [9.17, 15) is 0 Å². The second kappa shape index (κ2) is 6.49.